The number of hydrogen-bond donors (Lipinski definition) is 0. The van der Waals surface area contributed by atoms with Crippen LogP contribution in [0.1, 0.15) is 25.8 Å². The second-order valence-electron chi connectivity index (χ2n) is 6.66. The highest BCUT2D eigenvalue weighted by molar-refractivity contribution is 5.81. The van der Waals surface area contributed by atoms with E-state index in [1.807, 2.05) is 30.0 Å². The maximum atomic E-state index is 12.9. The summed E-state index contributed by atoms with van der Waals surface area (Å²) >= 11 is 0. The van der Waals surface area contributed by atoms with E-state index < -0.39 is 6.10 Å². The summed E-state index contributed by atoms with van der Waals surface area (Å²) < 4.78 is 5.98. The van der Waals surface area contributed by atoms with E-state index >= 15 is 0 Å². The van der Waals surface area contributed by atoms with Gasteiger partial charge in [0.15, 0.2) is 6.10 Å². The Balaban J connectivity index is 1.57. The van der Waals surface area contributed by atoms with Gasteiger partial charge in [0.1, 0.15) is 5.75 Å². The van der Waals surface area contributed by atoms with Gasteiger partial charge in [-0.3, -0.25) is 4.79 Å². The number of carbonyl (C=O) groups excluding carboxylic acids is 1. The Morgan fingerprint density at radius 2 is 1.62 bits per heavy atom. The Hall–Kier alpha value is -2.49. The molecule has 4 nitrogen and oxygen atoms in total. The van der Waals surface area contributed by atoms with Crippen LogP contribution in [-0.2, 0) is 11.2 Å². The van der Waals surface area contributed by atoms with Crippen molar-refractivity contribution in [3.05, 3.63) is 60.2 Å². The van der Waals surface area contributed by atoms with Gasteiger partial charge in [-0.1, -0.05) is 44.2 Å². The van der Waals surface area contributed by atoms with E-state index in [0.29, 0.717) is 6.42 Å². The molecule has 3 rings (SSSR count). The predicted molar refractivity (Wildman–Crippen MR) is 106 cm³/mol. The van der Waals surface area contributed by atoms with Gasteiger partial charge in [-0.05, 0) is 42.7 Å². The molecular weight excluding hydrogens is 324 g/mol. The minimum absolute atomic E-state index is 0.0970. The quantitative estimate of drug-likeness (QED) is 0.794. The number of benzene rings is 2. The molecule has 1 aliphatic rings. The smallest absolute Gasteiger partial charge is 0.263 e. The van der Waals surface area contributed by atoms with Gasteiger partial charge in [-0.25, -0.2) is 0 Å². The molecule has 0 radical (unpaired) electrons. The van der Waals surface area contributed by atoms with Crippen molar-refractivity contribution >= 4 is 11.6 Å². The highest BCUT2D eigenvalue weighted by Crippen LogP contribution is 2.19. The molecule has 1 aliphatic heterocycles. The summed E-state index contributed by atoms with van der Waals surface area (Å²) in [5.41, 5.74) is 2.49. The number of rotatable bonds is 6. The predicted octanol–water partition coefficient (Wildman–Crippen LogP) is 3.76. The largest absolute Gasteiger partial charge is 0.481 e. The van der Waals surface area contributed by atoms with Crippen LogP contribution in [0.3, 0.4) is 0 Å². The number of para-hydroxylation sites is 1. The number of aryl methyl sites for hydroxylation is 1. The van der Waals surface area contributed by atoms with Crippen LogP contribution in [0.2, 0.25) is 0 Å². The van der Waals surface area contributed by atoms with Gasteiger partial charge in [0.25, 0.3) is 5.91 Å². The third-order valence-corrected chi connectivity index (χ3v) is 4.97. The molecule has 4 heteroatoms. The van der Waals surface area contributed by atoms with Crippen LogP contribution in [0.25, 0.3) is 0 Å². The molecule has 138 valence electrons. The van der Waals surface area contributed by atoms with E-state index in [1.54, 1.807) is 0 Å². The van der Waals surface area contributed by atoms with E-state index in [-0.39, 0.29) is 5.91 Å². The van der Waals surface area contributed by atoms with E-state index in [0.717, 1.165) is 38.3 Å². The maximum Gasteiger partial charge on any atom is 0.263 e. The molecule has 0 aromatic heterocycles. The number of anilines is 1. The summed E-state index contributed by atoms with van der Waals surface area (Å²) in [7, 11) is 0. The van der Waals surface area contributed by atoms with Crippen LogP contribution in [-0.4, -0.2) is 43.1 Å². The lowest BCUT2D eigenvalue weighted by molar-refractivity contribution is -0.139. The first kappa shape index (κ1) is 18.3. The minimum Gasteiger partial charge on any atom is -0.481 e. The van der Waals surface area contributed by atoms with Crippen LogP contribution in [0.4, 0.5) is 5.69 Å². The summed E-state index contributed by atoms with van der Waals surface area (Å²) in [6.45, 7) is 7.33. The van der Waals surface area contributed by atoms with Crippen LogP contribution >= 0.6 is 0 Å². The number of amides is 1. The van der Waals surface area contributed by atoms with Crippen molar-refractivity contribution in [3.63, 3.8) is 0 Å². The van der Waals surface area contributed by atoms with E-state index in [2.05, 4.69) is 48.2 Å². The first-order valence-corrected chi connectivity index (χ1v) is 9.55. The maximum absolute atomic E-state index is 12.9. The number of nitrogens with zero attached hydrogens (tertiary/aromatic N) is 2. The molecule has 0 aliphatic carbocycles. The second-order valence-corrected chi connectivity index (χ2v) is 6.66. The van der Waals surface area contributed by atoms with Crippen molar-refractivity contribution in [3.8, 4) is 5.75 Å². The van der Waals surface area contributed by atoms with Gasteiger partial charge < -0.3 is 14.5 Å². The Labute approximate surface area is 156 Å². The van der Waals surface area contributed by atoms with Crippen molar-refractivity contribution in [2.45, 2.75) is 32.8 Å². The Bertz CT molecular complexity index is 692. The molecule has 0 N–H and O–H groups in total. The molecule has 1 amide bonds. The van der Waals surface area contributed by atoms with Crippen LogP contribution in [0.5, 0.6) is 5.75 Å². The molecule has 0 unspecified atom stereocenters. The van der Waals surface area contributed by atoms with Crippen LogP contribution < -0.4 is 9.64 Å². The van der Waals surface area contributed by atoms with Crippen molar-refractivity contribution in [1.82, 2.24) is 4.90 Å². The number of carbonyl (C=O) groups is 1. The average molecular weight is 352 g/mol. The second kappa shape index (κ2) is 8.75. The molecule has 0 bridgehead atoms. The van der Waals surface area contributed by atoms with E-state index in [1.165, 1.54) is 11.3 Å². The monoisotopic (exact) mass is 352 g/mol. The molecule has 26 heavy (non-hydrogen) atoms. The summed E-state index contributed by atoms with van der Waals surface area (Å²) in [5, 5.41) is 0. The first-order valence-electron chi connectivity index (χ1n) is 9.55. The Morgan fingerprint density at radius 3 is 2.19 bits per heavy atom. The van der Waals surface area contributed by atoms with Gasteiger partial charge in [-0.15, -0.1) is 0 Å². The topological polar surface area (TPSA) is 32.8 Å². The molecule has 1 heterocycles. The molecule has 1 fully saturated rings. The minimum atomic E-state index is -0.411. The fourth-order valence-corrected chi connectivity index (χ4v) is 3.30. The molecule has 0 saturated carbocycles. The van der Waals surface area contributed by atoms with Gasteiger partial charge in [-0.2, -0.15) is 0 Å². The van der Waals surface area contributed by atoms with E-state index in [4.69, 9.17) is 4.74 Å². The number of hydrogen-bond acceptors (Lipinski definition) is 3. The third kappa shape index (κ3) is 4.37. The zero-order valence-electron chi connectivity index (χ0n) is 15.7. The van der Waals surface area contributed by atoms with Crippen molar-refractivity contribution in [2.75, 3.05) is 31.1 Å². The van der Waals surface area contributed by atoms with Crippen LogP contribution in [0.15, 0.2) is 54.6 Å². The fraction of sp³-hybridized carbons (Fsp3) is 0.409. The number of piperazine rings is 1. The highest BCUT2D eigenvalue weighted by atomic mass is 16.5. The highest BCUT2D eigenvalue weighted by Gasteiger charge is 2.27. The van der Waals surface area contributed by atoms with E-state index in [9.17, 15) is 4.79 Å². The van der Waals surface area contributed by atoms with Crippen molar-refractivity contribution in [2.24, 2.45) is 0 Å². The lowest BCUT2D eigenvalue weighted by Crippen LogP contribution is -2.52. The van der Waals surface area contributed by atoms with Crippen molar-refractivity contribution < 1.29 is 9.53 Å². The molecule has 0 spiro atoms. The molecule has 1 atom stereocenters. The Morgan fingerprint density at radius 1 is 0.962 bits per heavy atom. The SMILES string of the molecule is CCc1ccc(O[C@@H](CC)C(=O)N2CCN(c3ccccc3)CC2)cc1. The van der Waals surface area contributed by atoms with Gasteiger partial charge in [0.05, 0.1) is 0 Å². The molecule has 1 saturated heterocycles. The van der Waals surface area contributed by atoms with Crippen LogP contribution in [0, 0.1) is 0 Å². The van der Waals surface area contributed by atoms with Gasteiger partial charge in [0, 0.05) is 31.9 Å². The first-order chi connectivity index (χ1) is 12.7. The standard InChI is InChI=1S/C22H28N2O2/c1-3-18-10-12-20(13-11-18)26-21(4-2)22(25)24-16-14-23(15-17-24)19-8-6-5-7-9-19/h5-13,21H,3-4,14-17H2,1-2H3/t21-/m0/s1. The molecular formula is C22H28N2O2. The summed E-state index contributed by atoms with van der Waals surface area (Å²) in [6, 6.07) is 18.4. The average Bonchev–Trinajstić information content (AvgIpc) is 2.72. The zero-order chi connectivity index (χ0) is 18.4. The lowest BCUT2D eigenvalue weighted by Gasteiger charge is -2.37. The number of ether oxygens (including phenoxy) is 1. The third-order valence-electron chi connectivity index (χ3n) is 4.97. The zero-order valence-corrected chi connectivity index (χ0v) is 15.7. The molecule has 2 aromatic carbocycles. The lowest BCUT2D eigenvalue weighted by atomic mass is 10.1. The Kier molecular flexibility index (Phi) is 6.16. The summed E-state index contributed by atoms with van der Waals surface area (Å²) in [4.78, 5) is 17.1. The summed E-state index contributed by atoms with van der Waals surface area (Å²) in [5.74, 6) is 0.866. The normalized spacial score (nSPS) is 15.6. The summed E-state index contributed by atoms with van der Waals surface area (Å²) in [6.07, 6.45) is 1.26. The van der Waals surface area contributed by atoms with Crippen molar-refractivity contribution in [1.29, 1.82) is 0 Å². The van der Waals surface area contributed by atoms with Gasteiger partial charge >= 0.3 is 0 Å². The molecule has 2 aromatic rings. The fourth-order valence-electron chi connectivity index (χ4n) is 3.30. The van der Waals surface area contributed by atoms with Gasteiger partial charge in [0.2, 0.25) is 0 Å².